The number of aliphatic hydroxyl groups excluding tert-OH is 1. The molecule has 1 amide bonds. The van der Waals surface area contributed by atoms with Crippen LogP contribution in [-0.2, 0) is 18.4 Å². The Balaban J connectivity index is 3.91. The summed E-state index contributed by atoms with van der Waals surface area (Å²) in [6.45, 7) is 4.73. The molecule has 0 aliphatic carbocycles. The van der Waals surface area contributed by atoms with Crippen molar-refractivity contribution < 1.29 is 32.9 Å². The van der Waals surface area contributed by atoms with Crippen molar-refractivity contribution in [2.75, 3.05) is 40.9 Å². The van der Waals surface area contributed by atoms with Crippen molar-refractivity contribution in [1.29, 1.82) is 0 Å². The fourth-order valence-electron chi connectivity index (χ4n) is 7.16. The zero-order chi connectivity index (χ0) is 44.3. The molecule has 0 saturated carbocycles. The van der Waals surface area contributed by atoms with E-state index in [-0.39, 0.29) is 19.1 Å². The van der Waals surface area contributed by atoms with Gasteiger partial charge in [-0.25, -0.2) is 4.57 Å². The molecule has 0 spiro atoms. The zero-order valence-corrected chi connectivity index (χ0v) is 40.8. The van der Waals surface area contributed by atoms with Gasteiger partial charge >= 0.3 is 7.82 Å². The van der Waals surface area contributed by atoms with E-state index in [1.165, 1.54) is 128 Å². The topological polar surface area (TPSA) is 105 Å². The third-order valence-electron chi connectivity index (χ3n) is 11.1. The van der Waals surface area contributed by atoms with Crippen LogP contribution in [0.4, 0.5) is 0 Å². The summed E-state index contributed by atoms with van der Waals surface area (Å²) in [6, 6.07) is -0.756. The number of hydrogen-bond donors (Lipinski definition) is 3. The summed E-state index contributed by atoms with van der Waals surface area (Å²) >= 11 is 0. The van der Waals surface area contributed by atoms with Gasteiger partial charge in [-0.2, -0.15) is 0 Å². The number of carbonyl (C=O) groups is 1. The Morgan fingerprint density at radius 1 is 0.583 bits per heavy atom. The normalized spacial score (nSPS) is 14.6. The highest BCUT2D eigenvalue weighted by Crippen LogP contribution is 2.43. The Hall–Kier alpha value is -1.54. The number of aliphatic hydroxyl groups is 1. The predicted octanol–water partition coefficient (Wildman–Crippen LogP) is 14.4. The van der Waals surface area contributed by atoms with Crippen molar-refractivity contribution >= 4 is 13.7 Å². The van der Waals surface area contributed by atoms with Gasteiger partial charge in [-0.1, -0.05) is 210 Å². The maximum absolute atomic E-state index is 12.9. The smallest absolute Gasteiger partial charge is 0.391 e. The summed E-state index contributed by atoms with van der Waals surface area (Å²) in [6.07, 6.45) is 54.7. The van der Waals surface area contributed by atoms with Gasteiger partial charge < -0.3 is 19.8 Å². The number of carbonyl (C=O) groups excluding carboxylic acids is 1. The Kier molecular flexibility index (Phi) is 41.6. The summed E-state index contributed by atoms with van der Waals surface area (Å²) in [7, 11) is 1.61. The number of unbranched alkanes of at least 4 members (excludes halogenated alkanes) is 24. The molecule has 0 bridgehead atoms. The molecule has 8 nitrogen and oxygen atoms in total. The van der Waals surface area contributed by atoms with Gasteiger partial charge in [0.2, 0.25) is 5.91 Å². The third-order valence-corrected chi connectivity index (χ3v) is 12.1. The SMILES string of the molecule is CC/C=C\C/C=C\C/C=C\C/C=C\CCCCCCCCCCCCCCCCCCCCC(=O)NC(COP(=O)(O)OCC[N+](C)(C)C)C(O)CCCCCCCCC. The minimum Gasteiger partial charge on any atom is -0.391 e. The lowest BCUT2D eigenvalue weighted by atomic mass is 10.0. The Labute approximate surface area is 371 Å². The lowest BCUT2D eigenvalue weighted by molar-refractivity contribution is -0.870. The minimum atomic E-state index is -4.30. The Morgan fingerprint density at radius 2 is 1.00 bits per heavy atom. The number of likely N-dealkylation sites (N-methyl/N-ethyl adjacent to an activating group) is 1. The molecule has 0 rings (SSSR count). The standard InChI is InChI=1S/C51H97N2O6P/c1-6-8-10-12-14-15-16-17-18-19-20-21-22-23-24-25-26-27-28-29-30-31-32-33-34-35-36-37-39-41-43-45-51(55)52-49(50(54)44-42-40-38-13-11-9-7-2)48-59-60(56,57)58-47-46-53(3,4)5/h8,10,14-15,17-18,20-21,49-50,54H,6-7,9,11-13,16,19,22-48H2,1-5H3,(H-,52,55,56,57)/p+1/b10-8-,15-14-,18-17-,21-20-. The number of amides is 1. The van der Waals surface area contributed by atoms with Crippen molar-refractivity contribution in [3.8, 4) is 0 Å². The second-order valence-electron chi connectivity index (χ2n) is 18.2. The number of nitrogens with one attached hydrogen (secondary N) is 1. The lowest BCUT2D eigenvalue weighted by Crippen LogP contribution is -2.46. The number of allylic oxidation sites excluding steroid dienone is 8. The highest BCUT2D eigenvalue weighted by Gasteiger charge is 2.28. The van der Waals surface area contributed by atoms with Crippen molar-refractivity contribution in [3.05, 3.63) is 48.6 Å². The molecular formula is C51H98N2O6P+. The molecule has 0 aromatic rings. The van der Waals surface area contributed by atoms with E-state index in [1.807, 2.05) is 21.1 Å². The number of hydrogen-bond acceptors (Lipinski definition) is 5. The molecule has 0 aliphatic heterocycles. The van der Waals surface area contributed by atoms with E-state index in [1.54, 1.807) is 0 Å². The van der Waals surface area contributed by atoms with Crippen LogP contribution >= 0.6 is 7.82 Å². The first-order chi connectivity index (χ1) is 29.0. The second kappa shape index (κ2) is 42.7. The van der Waals surface area contributed by atoms with Gasteiger partial charge in [-0.05, 0) is 51.4 Å². The van der Waals surface area contributed by atoms with Gasteiger partial charge in [0.05, 0.1) is 39.9 Å². The first kappa shape index (κ1) is 58.5. The maximum atomic E-state index is 12.9. The molecule has 60 heavy (non-hydrogen) atoms. The number of phosphoric ester groups is 1. The van der Waals surface area contributed by atoms with E-state index in [2.05, 4.69) is 67.8 Å². The fourth-order valence-corrected chi connectivity index (χ4v) is 7.89. The molecule has 0 saturated heterocycles. The van der Waals surface area contributed by atoms with E-state index in [0.717, 1.165) is 64.2 Å². The number of rotatable bonds is 45. The summed E-state index contributed by atoms with van der Waals surface area (Å²) in [5.41, 5.74) is 0. The van der Waals surface area contributed by atoms with Crippen molar-refractivity contribution in [1.82, 2.24) is 5.32 Å². The fraction of sp³-hybridized carbons (Fsp3) is 0.824. The molecule has 9 heteroatoms. The maximum Gasteiger partial charge on any atom is 0.472 e. The average molecular weight is 866 g/mol. The van der Waals surface area contributed by atoms with Crippen LogP contribution in [-0.4, -0.2) is 73.4 Å². The summed E-state index contributed by atoms with van der Waals surface area (Å²) in [4.78, 5) is 23.1. The van der Waals surface area contributed by atoms with Crippen LogP contribution in [0.1, 0.15) is 219 Å². The predicted molar refractivity (Wildman–Crippen MR) is 258 cm³/mol. The Morgan fingerprint density at radius 3 is 1.47 bits per heavy atom. The number of nitrogens with zero attached hydrogens (tertiary/aromatic N) is 1. The number of phosphoric acid groups is 1. The quantitative estimate of drug-likeness (QED) is 0.0244. The van der Waals surface area contributed by atoms with E-state index in [4.69, 9.17) is 9.05 Å². The van der Waals surface area contributed by atoms with Crippen LogP contribution in [0, 0.1) is 0 Å². The van der Waals surface area contributed by atoms with Gasteiger partial charge in [-0.3, -0.25) is 13.8 Å². The summed E-state index contributed by atoms with van der Waals surface area (Å²) < 4.78 is 23.5. The van der Waals surface area contributed by atoms with Gasteiger partial charge in [0.25, 0.3) is 0 Å². The minimum absolute atomic E-state index is 0.0744. The third kappa shape index (κ3) is 44.5. The van der Waals surface area contributed by atoms with Crippen LogP contribution in [0.15, 0.2) is 48.6 Å². The summed E-state index contributed by atoms with van der Waals surface area (Å²) in [5.74, 6) is -0.148. The molecule has 0 aromatic carbocycles. The van der Waals surface area contributed by atoms with Crippen LogP contribution in [0.25, 0.3) is 0 Å². The van der Waals surface area contributed by atoms with Crippen molar-refractivity contribution in [2.45, 2.75) is 231 Å². The van der Waals surface area contributed by atoms with E-state index >= 15 is 0 Å². The molecule has 0 aliphatic rings. The largest absolute Gasteiger partial charge is 0.472 e. The molecule has 3 unspecified atom stereocenters. The van der Waals surface area contributed by atoms with Gasteiger partial charge in [0.1, 0.15) is 13.2 Å². The molecule has 3 N–H and O–H groups in total. The molecule has 0 aromatic heterocycles. The van der Waals surface area contributed by atoms with Crippen molar-refractivity contribution in [2.24, 2.45) is 0 Å². The highest BCUT2D eigenvalue weighted by molar-refractivity contribution is 7.47. The average Bonchev–Trinajstić information content (AvgIpc) is 3.20. The zero-order valence-electron chi connectivity index (χ0n) is 39.9. The van der Waals surface area contributed by atoms with Gasteiger partial charge in [0.15, 0.2) is 0 Å². The monoisotopic (exact) mass is 866 g/mol. The summed E-state index contributed by atoms with van der Waals surface area (Å²) in [5, 5.41) is 13.9. The van der Waals surface area contributed by atoms with E-state index in [9.17, 15) is 19.4 Å². The van der Waals surface area contributed by atoms with Crippen LogP contribution in [0.2, 0.25) is 0 Å². The lowest BCUT2D eigenvalue weighted by Gasteiger charge is -2.26. The molecule has 0 fully saturated rings. The second-order valence-corrected chi connectivity index (χ2v) is 19.6. The number of quaternary nitrogens is 1. The van der Waals surface area contributed by atoms with Gasteiger partial charge in [-0.15, -0.1) is 0 Å². The van der Waals surface area contributed by atoms with Crippen LogP contribution < -0.4 is 5.32 Å². The molecule has 3 atom stereocenters. The molecule has 352 valence electrons. The molecule has 0 heterocycles. The molecular weight excluding hydrogens is 768 g/mol. The van der Waals surface area contributed by atoms with Crippen LogP contribution in [0.3, 0.4) is 0 Å². The van der Waals surface area contributed by atoms with E-state index in [0.29, 0.717) is 23.9 Å². The van der Waals surface area contributed by atoms with Crippen molar-refractivity contribution in [3.63, 3.8) is 0 Å². The van der Waals surface area contributed by atoms with E-state index < -0.39 is 20.0 Å². The first-order valence-electron chi connectivity index (χ1n) is 25.0. The van der Waals surface area contributed by atoms with Crippen LogP contribution in [0.5, 0.6) is 0 Å². The first-order valence-corrected chi connectivity index (χ1v) is 26.5. The highest BCUT2D eigenvalue weighted by atomic mass is 31.2. The Bertz CT molecular complexity index is 1120. The molecule has 0 radical (unpaired) electrons. The van der Waals surface area contributed by atoms with Gasteiger partial charge in [0, 0.05) is 6.42 Å².